The third kappa shape index (κ3) is 4.96. The first-order chi connectivity index (χ1) is 12.9. The van der Waals surface area contributed by atoms with Gasteiger partial charge in [-0.25, -0.2) is 0 Å². The molecule has 0 spiro atoms. The van der Waals surface area contributed by atoms with E-state index in [0.717, 1.165) is 10.0 Å². The van der Waals surface area contributed by atoms with Crippen molar-refractivity contribution in [1.82, 2.24) is 4.90 Å². The van der Waals surface area contributed by atoms with Crippen molar-refractivity contribution >= 4 is 45.2 Å². The summed E-state index contributed by atoms with van der Waals surface area (Å²) in [6.07, 6.45) is 0.0791. The second-order valence-electron chi connectivity index (χ2n) is 6.30. The number of esters is 1. The Morgan fingerprint density at radius 2 is 1.85 bits per heavy atom. The first-order valence-electron chi connectivity index (χ1n) is 8.40. The van der Waals surface area contributed by atoms with Crippen LogP contribution < -0.4 is 0 Å². The summed E-state index contributed by atoms with van der Waals surface area (Å²) in [7, 11) is 0. The molecule has 1 fully saturated rings. The summed E-state index contributed by atoms with van der Waals surface area (Å²) < 4.78 is 6.00. The third-order valence-corrected chi connectivity index (χ3v) is 5.28. The molecule has 0 N–H and O–H groups in total. The monoisotopic (exact) mass is 449 g/mol. The Hall–Kier alpha value is -2.18. The standard InChI is InChI=1S/C20H17BrClNO4/c21-16-7-5-13(6-8-16)18(24)12-27-20(26)15-9-19(25)23(11-15)10-14-3-1-2-4-17(14)22/h1-8,15H,9-12H2. The predicted molar refractivity (Wildman–Crippen MR) is 104 cm³/mol. The third-order valence-electron chi connectivity index (χ3n) is 4.38. The number of amides is 1. The molecule has 1 aliphatic heterocycles. The van der Waals surface area contributed by atoms with Gasteiger partial charge < -0.3 is 9.64 Å². The number of benzene rings is 2. The van der Waals surface area contributed by atoms with Crippen molar-refractivity contribution < 1.29 is 19.1 Å². The van der Waals surface area contributed by atoms with Gasteiger partial charge in [-0.05, 0) is 23.8 Å². The number of halogens is 2. The van der Waals surface area contributed by atoms with Crippen molar-refractivity contribution in [3.05, 3.63) is 69.2 Å². The molecule has 1 atom stereocenters. The molecule has 1 unspecified atom stereocenters. The van der Waals surface area contributed by atoms with Crippen molar-refractivity contribution in [3.63, 3.8) is 0 Å². The van der Waals surface area contributed by atoms with E-state index in [2.05, 4.69) is 15.9 Å². The van der Waals surface area contributed by atoms with Crippen molar-refractivity contribution in [2.24, 2.45) is 5.92 Å². The highest BCUT2D eigenvalue weighted by molar-refractivity contribution is 9.10. The Bertz CT molecular complexity index is 869. The average Bonchev–Trinajstić information content (AvgIpc) is 3.02. The largest absolute Gasteiger partial charge is 0.457 e. The van der Waals surface area contributed by atoms with Gasteiger partial charge >= 0.3 is 5.97 Å². The molecular formula is C20H17BrClNO4. The van der Waals surface area contributed by atoms with Crippen molar-refractivity contribution in [2.75, 3.05) is 13.2 Å². The van der Waals surface area contributed by atoms with Crippen LogP contribution in [-0.2, 0) is 20.9 Å². The zero-order valence-corrected chi connectivity index (χ0v) is 16.7. The van der Waals surface area contributed by atoms with E-state index in [1.165, 1.54) is 0 Å². The zero-order valence-electron chi connectivity index (χ0n) is 14.4. The van der Waals surface area contributed by atoms with Crippen LogP contribution in [0.4, 0.5) is 0 Å². The molecule has 2 aromatic carbocycles. The summed E-state index contributed by atoms with van der Waals surface area (Å²) in [4.78, 5) is 38.1. The quantitative estimate of drug-likeness (QED) is 0.495. The van der Waals surface area contributed by atoms with Gasteiger partial charge in [0, 0.05) is 34.6 Å². The van der Waals surface area contributed by atoms with Crippen molar-refractivity contribution in [2.45, 2.75) is 13.0 Å². The summed E-state index contributed by atoms with van der Waals surface area (Å²) >= 11 is 9.43. The van der Waals surface area contributed by atoms with Gasteiger partial charge in [0.2, 0.25) is 5.91 Å². The number of carbonyl (C=O) groups is 3. The molecule has 1 heterocycles. The highest BCUT2D eigenvalue weighted by Gasteiger charge is 2.35. The molecule has 2 aromatic rings. The van der Waals surface area contributed by atoms with E-state index in [0.29, 0.717) is 17.1 Å². The highest BCUT2D eigenvalue weighted by atomic mass is 79.9. The summed E-state index contributed by atoms with van der Waals surface area (Å²) in [5.41, 5.74) is 1.29. The molecule has 140 valence electrons. The molecule has 0 saturated carbocycles. The molecule has 0 aromatic heterocycles. The molecule has 27 heavy (non-hydrogen) atoms. The van der Waals surface area contributed by atoms with Crippen LogP contribution in [0.15, 0.2) is 53.0 Å². The van der Waals surface area contributed by atoms with E-state index in [9.17, 15) is 14.4 Å². The Kier molecular flexibility index (Phi) is 6.29. The van der Waals surface area contributed by atoms with Gasteiger partial charge in [0.1, 0.15) is 0 Å². The lowest BCUT2D eigenvalue weighted by Crippen LogP contribution is -2.27. The average molecular weight is 451 g/mol. The summed E-state index contributed by atoms with van der Waals surface area (Å²) in [5, 5.41) is 0.580. The molecule has 0 bridgehead atoms. The fourth-order valence-corrected chi connectivity index (χ4v) is 3.35. The van der Waals surface area contributed by atoms with Crippen LogP contribution in [-0.4, -0.2) is 35.7 Å². The fourth-order valence-electron chi connectivity index (χ4n) is 2.89. The maximum atomic E-state index is 12.3. The maximum absolute atomic E-state index is 12.3. The van der Waals surface area contributed by atoms with E-state index in [-0.39, 0.29) is 31.3 Å². The molecule has 7 heteroatoms. The van der Waals surface area contributed by atoms with E-state index in [1.54, 1.807) is 35.2 Å². The number of ether oxygens (including phenoxy) is 1. The number of carbonyl (C=O) groups excluding carboxylic acids is 3. The van der Waals surface area contributed by atoms with Crippen LogP contribution in [0.3, 0.4) is 0 Å². The second-order valence-corrected chi connectivity index (χ2v) is 7.63. The maximum Gasteiger partial charge on any atom is 0.311 e. The number of nitrogens with zero attached hydrogens (tertiary/aromatic N) is 1. The van der Waals surface area contributed by atoms with Gasteiger partial charge in [-0.15, -0.1) is 0 Å². The second kappa shape index (κ2) is 8.67. The molecular weight excluding hydrogens is 434 g/mol. The Morgan fingerprint density at radius 3 is 2.56 bits per heavy atom. The lowest BCUT2D eigenvalue weighted by Gasteiger charge is -2.17. The number of rotatable bonds is 6. The molecule has 1 saturated heterocycles. The fraction of sp³-hybridized carbons (Fsp3) is 0.250. The first-order valence-corrected chi connectivity index (χ1v) is 9.57. The van der Waals surface area contributed by atoms with Crippen LogP contribution in [0.1, 0.15) is 22.3 Å². The normalized spacial score (nSPS) is 16.4. The zero-order chi connectivity index (χ0) is 19.4. The minimum atomic E-state index is -0.572. The predicted octanol–water partition coefficient (Wildman–Crippen LogP) is 3.88. The van der Waals surface area contributed by atoms with Gasteiger partial charge in [0.05, 0.1) is 5.92 Å². The topological polar surface area (TPSA) is 63.7 Å². The molecule has 5 nitrogen and oxygen atoms in total. The minimum absolute atomic E-state index is 0.0791. The highest BCUT2D eigenvalue weighted by Crippen LogP contribution is 2.24. The summed E-state index contributed by atoms with van der Waals surface area (Å²) in [6, 6.07) is 14.1. The molecule has 1 aliphatic rings. The summed E-state index contributed by atoms with van der Waals surface area (Å²) in [6.45, 7) is 0.269. The lowest BCUT2D eigenvalue weighted by molar-refractivity contribution is -0.147. The van der Waals surface area contributed by atoms with Gasteiger partial charge in [-0.2, -0.15) is 0 Å². The molecule has 0 aliphatic carbocycles. The van der Waals surface area contributed by atoms with Crippen LogP contribution in [0, 0.1) is 5.92 Å². The molecule has 1 amide bonds. The number of ketones is 1. The van der Waals surface area contributed by atoms with E-state index in [1.807, 2.05) is 18.2 Å². The van der Waals surface area contributed by atoms with E-state index >= 15 is 0 Å². The first kappa shape index (κ1) is 19.6. The Morgan fingerprint density at radius 1 is 1.15 bits per heavy atom. The molecule has 3 rings (SSSR count). The molecule has 0 radical (unpaired) electrons. The van der Waals surface area contributed by atoms with Gasteiger partial charge in [0.25, 0.3) is 0 Å². The van der Waals surface area contributed by atoms with Crippen molar-refractivity contribution in [1.29, 1.82) is 0 Å². The number of hydrogen-bond acceptors (Lipinski definition) is 4. The van der Waals surface area contributed by atoms with Crippen LogP contribution >= 0.6 is 27.5 Å². The van der Waals surface area contributed by atoms with E-state index in [4.69, 9.17) is 16.3 Å². The smallest absolute Gasteiger partial charge is 0.311 e. The van der Waals surface area contributed by atoms with E-state index < -0.39 is 11.9 Å². The lowest BCUT2D eigenvalue weighted by atomic mass is 10.1. The summed E-state index contributed by atoms with van der Waals surface area (Å²) in [5.74, 6) is -1.52. The Balaban J connectivity index is 1.53. The SMILES string of the molecule is O=C(COC(=O)C1CC(=O)N(Cc2ccccc2Cl)C1)c1ccc(Br)cc1. The van der Waals surface area contributed by atoms with Crippen LogP contribution in [0.25, 0.3) is 0 Å². The van der Waals surface area contributed by atoms with Gasteiger partial charge in [-0.3, -0.25) is 14.4 Å². The number of likely N-dealkylation sites (tertiary alicyclic amines) is 1. The van der Waals surface area contributed by atoms with Crippen molar-refractivity contribution in [3.8, 4) is 0 Å². The minimum Gasteiger partial charge on any atom is -0.457 e. The number of hydrogen-bond donors (Lipinski definition) is 0. The van der Waals surface area contributed by atoms with Gasteiger partial charge in [0.15, 0.2) is 12.4 Å². The number of Topliss-reactive ketones (excluding diaryl/α,β-unsaturated/α-hetero) is 1. The van der Waals surface area contributed by atoms with Crippen LogP contribution in [0.5, 0.6) is 0 Å². The van der Waals surface area contributed by atoms with Gasteiger partial charge in [-0.1, -0.05) is 57.9 Å². The Labute approximate surface area is 170 Å². The van der Waals surface area contributed by atoms with Crippen LogP contribution in [0.2, 0.25) is 5.02 Å².